The Labute approximate surface area is 231 Å². The molecule has 0 aromatic heterocycles. The molecule has 0 atom stereocenters. The lowest BCUT2D eigenvalue weighted by Crippen LogP contribution is -2.47. The number of rotatable bonds is 3. The van der Waals surface area contributed by atoms with Crippen LogP contribution in [-0.4, -0.2) is 29.3 Å². The second-order valence-electron chi connectivity index (χ2n) is 11.3. The first kappa shape index (κ1) is 30.5. The lowest BCUT2D eigenvalue weighted by atomic mass is 9.92. The zero-order valence-electron chi connectivity index (χ0n) is 23.6. The quantitative estimate of drug-likeness (QED) is 0.255. The Morgan fingerprint density at radius 2 is 1.32 bits per heavy atom. The van der Waals surface area contributed by atoms with Gasteiger partial charge < -0.3 is 9.47 Å². The van der Waals surface area contributed by atoms with Crippen LogP contribution in [0.4, 0.5) is 22.8 Å². The van der Waals surface area contributed by atoms with E-state index < -0.39 is 35.1 Å². The van der Waals surface area contributed by atoms with Crippen molar-refractivity contribution in [2.24, 2.45) is 4.99 Å². The summed E-state index contributed by atoms with van der Waals surface area (Å²) in [6.07, 6.45) is -6.04. The fraction of sp³-hybridized carbons (Fsp3) is 0.367. The third-order valence-electron chi connectivity index (χ3n) is 5.50. The van der Waals surface area contributed by atoms with Gasteiger partial charge in [-0.15, -0.1) is 0 Å². The molecule has 10 heteroatoms. The maximum absolute atomic E-state index is 13.2. The van der Waals surface area contributed by atoms with Gasteiger partial charge >= 0.3 is 18.4 Å². The van der Waals surface area contributed by atoms with Gasteiger partial charge in [-0.2, -0.15) is 13.2 Å². The second-order valence-corrected chi connectivity index (χ2v) is 11.3. The van der Waals surface area contributed by atoms with E-state index in [1.54, 1.807) is 48.5 Å². The van der Waals surface area contributed by atoms with Crippen LogP contribution in [0.1, 0.15) is 58.2 Å². The van der Waals surface area contributed by atoms with E-state index in [-0.39, 0.29) is 12.5 Å². The molecule has 0 aliphatic heterocycles. The van der Waals surface area contributed by atoms with E-state index >= 15 is 0 Å². The van der Waals surface area contributed by atoms with Crippen LogP contribution in [0.2, 0.25) is 0 Å². The average molecular weight is 558 g/mol. The zero-order chi connectivity index (χ0) is 29.9. The van der Waals surface area contributed by atoms with Crippen LogP contribution < -0.4 is 10.6 Å². The number of halogens is 3. The maximum atomic E-state index is 13.2. The maximum Gasteiger partial charge on any atom is 0.416 e. The molecular weight excluding hydrogens is 523 g/mol. The number of aryl methyl sites for hydroxylation is 1. The number of benzene rings is 3. The molecule has 2 N–H and O–H groups in total. The van der Waals surface area contributed by atoms with Crippen LogP contribution >= 0.6 is 0 Å². The summed E-state index contributed by atoms with van der Waals surface area (Å²) in [7, 11) is 0. The zero-order valence-corrected chi connectivity index (χ0v) is 23.6. The molecule has 40 heavy (non-hydrogen) atoms. The van der Waals surface area contributed by atoms with Crippen molar-refractivity contribution < 1.29 is 32.2 Å². The predicted octanol–water partition coefficient (Wildman–Crippen LogP) is 7.74. The molecular formula is C30H34F3N3O4. The summed E-state index contributed by atoms with van der Waals surface area (Å²) in [5.41, 5.74) is 0.459. The molecule has 0 aliphatic rings. The molecule has 3 aromatic carbocycles. The number of carbonyl (C=O) groups is 2. The number of aliphatic imine (C=N–C) groups is 1. The van der Waals surface area contributed by atoms with Crippen molar-refractivity contribution in [2.45, 2.75) is 72.4 Å². The van der Waals surface area contributed by atoms with Gasteiger partial charge in [-0.25, -0.2) is 14.6 Å². The number of nitrogens with zero attached hydrogens (tertiary/aromatic N) is 1. The van der Waals surface area contributed by atoms with Crippen LogP contribution in [0.15, 0.2) is 59.6 Å². The number of amides is 2. The van der Waals surface area contributed by atoms with Crippen molar-refractivity contribution in [1.29, 1.82) is 0 Å². The van der Waals surface area contributed by atoms with Crippen molar-refractivity contribution >= 4 is 28.9 Å². The number of alkyl halides is 3. The van der Waals surface area contributed by atoms with Gasteiger partial charge in [0, 0.05) is 0 Å². The average Bonchev–Trinajstić information content (AvgIpc) is 2.79. The Balaban J connectivity index is 1.97. The molecule has 0 unspecified atom stereocenters. The number of guanidine groups is 1. The van der Waals surface area contributed by atoms with Crippen molar-refractivity contribution in [1.82, 2.24) is 10.6 Å². The Bertz CT molecular complexity index is 1400. The first-order valence-electron chi connectivity index (χ1n) is 12.7. The number of carbonyl (C=O) groups excluding carboxylic acids is 2. The largest absolute Gasteiger partial charge is 0.444 e. The third-order valence-corrected chi connectivity index (χ3v) is 5.50. The summed E-state index contributed by atoms with van der Waals surface area (Å²) in [5.74, 6) is -0.157. The minimum Gasteiger partial charge on any atom is -0.444 e. The minimum atomic E-state index is -4.42. The lowest BCUT2D eigenvalue weighted by molar-refractivity contribution is -0.137. The van der Waals surface area contributed by atoms with Gasteiger partial charge in [0.2, 0.25) is 5.96 Å². The number of ether oxygens (including phenoxy) is 2. The van der Waals surface area contributed by atoms with Crippen LogP contribution in [-0.2, 0) is 22.2 Å². The molecule has 0 fully saturated rings. The topological polar surface area (TPSA) is 89.0 Å². The van der Waals surface area contributed by atoms with Gasteiger partial charge in [-0.1, -0.05) is 42.5 Å². The summed E-state index contributed by atoms with van der Waals surface area (Å²) in [6.45, 7) is 11.9. The van der Waals surface area contributed by atoms with Crippen molar-refractivity contribution in [2.75, 3.05) is 0 Å². The minimum absolute atomic E-state index is 0.0632. The number of fused-ring (bicyclic) bond motifs is 1. The number of hydrogen-bond donors (Lipinski definition) is 2. The Morgan fingerprint density at radius 1 is 0.775 bits per heavy atom. The number of alkyl carbamates (subject to hydrolysis) is 2. The van der Waals surface area contributed by atoms with Crippen molar-refractivity contribution in [3.05, 3.63) is 71.3 Å². The molecule has 0 bridgehead atoms. The molecule has 3 rings (SSSR count). The highest BCUT2D eigenvalue weighted by Gasteiger charge is 2.30. The van der Waals surface area contributed by atoms with Gasteiger partial charge in [-0.3, -0.25) is 10.6 Å². The number of hydrogen-bond acceptors (Lipinski definition) is 5. The molecule has 3 aromatic rings. The van der Waals surface area contributed by atoms with Gasteiger partial charge in [0.25, 0.3) is 0 Å². The van der Waals surface area contributed by atoms with E-state index in [0.717, 1.165) is 34.0 Å². The standard InChI is InChI=1S/C30H34F3N3O4/c1-18-16-20(30(31,32)33)14-15-21(18)23-13-9-11-22-19(10-8-12-24(22)23)17-34-25(35-26(37)39-28(2,3)4)36-27(38)40-29(5,6)7/h8-16H,17H2,1-7H3,(H2,34,35,36,37,38). The summed E-state index contributed by atoms with van der Waals surface area (Å²) < 4.78 is 50.2. The van der Waals surface area contributed by atoms with E-state index in [0.29, 0.717) is 11.1 Å². The second kappa shape index (κ2) is 11.6. The molecule has 214 valence electrons. The number of nitrogens with one attached hydrogen (secondary N) is 2. The van der Waals surface area contributed by atoms with E-state index in [9.17, 15) is 22.8 Å². The normalized spacial score (nSPS) is 12.1. The molecule has 0 aliphatic carbocycles. The van der Waals surface area contributed by atoms with E-state index in [1.165, 1.54) is 6.07 Å². The summed E-state index contributed by atoms with van der Waals surface area (Å²) in [5, 5.41) is 6.55. The van der Waals surface area contributed by atoms with Gasteiger partial charge in [0.1, 0.15) is 11.2 Å². The summed E-state index contributed by atoms with van der Waals surface area (Å²) in [6, 6.07) is 14.8. The third kappa shape index (κ3) is 8.46. The fourth-order valence-electron chi connectivity index (χ4n) is 3.97. The highest BCUT2D eigenvalue weighted by atomic mass is 19.4. The molecule has 0 heterocycles. The molecule has 0 radical (unpaired) electrons. The highest BCUT2D eigenvalue weighted by Crippen LogP contribution is 2.36. The molecule has 0 spiro atoms. The van der Waals surface area contributed by atoms with Crippen molar-refractivity contribution in [3.63, 3.8) is 0 Å². The van der Waals surface area contributed by atoms with Crippen LogP contribution in [0.3, 0.4) is 0 Å². The predicted molar refractivity (Wildman–Crippen MR) is 149 cm³/mol. The summed E-state index contributed by atoms with van der Waals surface area (Å²) in [4.78, 5) is 29.2. The van der Waals surface area contributed by atoms with Gasteiger partial charge in [-0.05, 0) is 93.6 Å². The van der Waals surface area contributed by atoms with Crippen LogP contribution in [0.25, 0.3) is 21.9 Å². The molecule has 0 saturated heterocycles. The highest BCUT2D eigenvalue weighted by molar-refractivity contribution is 6.02. The smallest absolute Gasteiger partial charge is 0.416 e. The van der Waals surface area contributed by atoms with E-state index in [2.05, 4.69) is 15.6 Å². The Morgan fingerprint density at radius 3 is 1.85 bits per heavy atom. The molecule has 0 saturated carbocycles. The summed E-state index contributed by atoms with van der Waals surface area (Å²) >= 11 is 0. The van der Waals surface area contributed by atoms with E-state index in [1.807, 2.05) is 36.4 Å². The lowest BCUT2D eigenvalue weighted by Gasteiger charge is -2.22. The monoisotopic (exact) mass is 557 g/mol. The SMILES string of the molecule is Cc1cc(C(F)(F)F)ccc1-c1cccc2c(CN=C(NC(=O)OC(C)(C)C)NC(=O)OC(C)(C)C)cccc12. The first-order chi connectivity index (χ1) is 18.4. The Hall–Kier alpha value is -4.08. The molecule has 7 nitrogen and oxygen atoms in total. The fourth-order valence-corrected chi connectivity index (χ4v) is 3.97. The van der Waals surface area contributed by atoms with Crippen LogP contribution in [0, 0.1) is 6.92 Å². The Kier molecular flexibility index (Phi) is 8.81. The van der Waals surface area contributed by atoms with Gasteiger partial charge in [0.15, 0.2) is 0 Å². The van der Waals surface area contributed by atoms with E-state index in [4.69, 9.17) is 9.47 Å². The first-order valence-corrected chi connectivity index (χ1v) is 12.7. The van der Waals surface area contributed by atoms with Gasteiger partial charge in [0.05, 0.1) is 12.1 Å². The molecule has 2 amide bonds. The van der Waals surface area contributed by atoms with Crippen molar-refractivity contribution in [3.8, 4) is 11.1 Å². The van der Waals surface area contributed by atoms with Crippen LogP contribution in [0.5, 0.6) is 0 Å².